The number of aliphatic carboxylic acids is 1. The maximum Gasteiger partial charge on any atom is 0.321 e. The summed E-state index contributed by atoms with van der Waals surface area (Å²) in [6.45, 7) is 5.38. The van der Waals surface area contributed by atoms with Crippen molar-refractivity contribution in [3.63, 3.8) is 0 Å². The van der Waals surface area contributed by atoms with Crippen LogP contribution in [0.1, 0.15) is 70.6 Å². The van der Waals surface area contributed by atoms with E-state index in [2.05, 4.69) is 63.0 Å². The zero-order valence-corrected chi connectivity index (χ0v) is 24.0. The van der Waals surface area contributed by atoms with Crippen molar-refractivity contribution in [3.05, 3.63) is 48.1 Å². The van der Waals surface area contributed by atoms with E-state index < -0.39 is 5.97 Å². The zero-order chi connectivity index (χ0) is 27.3. The number of oxime groups is 1. The van der Waals surface area contributed by atoms with Gasteiger partial charge in [-0.3, -0.25) is 14.6 Å². The highest BCUT2D eigenvalue weighted by molar-refractivity contribution is 6.02. The number of hydrogen-bond acceptors (Lipinski definition) is 6. The number of piperidine rings is 1. The Morgan fingerprint density at radius 3 is 2.73 bits per heavy atom. The molecule has 218 valence electrons. The van der Waals surface area contributed by atoms with Crippen molar-refractivity contribution in [3.8, 4) is 0 Å². The molecule has 0 bridgehead atoms. The number of nitrogens with zero attached hydrogens (tertiary/aromatic N) is 3. The fourth-order valence-corrected chi connectivity index (χ4v) is 8.36. The van der Waals surface area contributed by atoms with E-state index in [1.165, 1.54) is 63.6 Å². The van der Waals surface area contributed by atoms with Gasteiger partial charge >= 0.3 is 5.97 Å². The Morgan fingerprint density at radius 1 is 1.10 bits per heavy atom. The summed E-state index contributed by atoms with van der Waals surface area (Å²) < 4.78 is 0. The minimum atomic E-state index is -0.591. The lowest BCUT2D eigenvalue weighted by Crippen LogP contribution is -2.46. The van der Waals surface area contributed by atoms with E-state index in [9.17, 15) is 9.90 Å². The first-order valence-corrected chi connectivity index (χ1v) is 16.0. The predicted molar refractivity (Wildman–Crippen MR) is 159 cm³/mol. The molecule has 7 nitrogen and oxygen atoms in total. The van der Waals surface area contributed by atoms with E-state index in [1.54, 1.807) is 0 Å². The zero-order valence-electron chi connectivity index (χ0n) is 24.0. The summed E-state index contributed by atoms with van der Waals surface area (Å²) in [7, 11) is 0. The maximum absolute atomic E-state index is 12.5. The molecule has 2 unspecified atom stereocenters. The van der Waals surface area contributed by atoms with Gasteiger partial charge in [0.2, 0.25) is 0 Å². The van der Waals surface area contributed by atoms with Crippen molar-refractivity contribution in [1.82, 2.24) is 15.3 Å². The van der Waals surface area contributed by atoms with Gasteiger partial charge in [-0.05, 0) is 99.3 Å². The van der Waals surface area contributed by atoms with Gasteiger partial charge in [0, 0.05) is 19.6 Å². The van der Waals surface area contributed by atoms with Crippen LogP contribution in [0.3, 0.4) is 0 Å². The summed E-state index contributed by atoms with van der Waals surface area (Å²) in [4.78, 5) is 22.6. The Hall–Kier alpha value is -2.22. The van der Waals surface area contributed by atoms with Crippen LogP contribution in [0.2, 0.25) is 0 Å². The van der Waals surface area contributed by atoms with Crippen LogP contribution in [0, 0.1) is 29.6 Å². The summed E-state index contributed by atoms with van der Waals surface area (Å²) in [6, 6.07) is -0.182. The van der Waals surface area contributed by atoms with E-state index >= 15 is 0 Å². The van der Waals surface area contributed by atoms with Crippen molar-refractivity contribution >= 4 is 11.7 Å². The molecule has 6 aliphatic rings. The normalized spacial score (nSPS) is 32.5. The van der Waals surface area contributed by atoms with Gasteiger partial charge in [-0.25, -0.2) is 0 Å². The topological polar surface area (TPSA) is 77.4 Å². The summed E-state index contributed by atoms with van der Waals surface area (Å²) in [6.07, 6.45) is 28.7. The van der Waals surface area contributed by atoms with Crippen molar-refractivity contribution < 1.29 is 14.8 Å². The Morgan fingerprint density at radius 2 is 1.95 bits per heavy atom. The molecule has 0 spiro atoms. The highest BCUT2D eigenvalue weighted by Crippen LogP contribution is 2.39. The average Bonchev–Trinajstić information content (AvgIpc) is 3.62. The van der Waals surface area contributed by atoms with Gasteiger partial charge in [0.25, 0.3) is 0 Å². The molecule has 2 saturated heterocycles. The number of carboxylic acids is 1. The number of likely N-dealkylation sites (tertiary alicyclic amines) is 2. The van der Waals surface area contributed by atoms with Crippen LogP contribution in [0.4, 0.5) is 0 Å². The quantitative estimate of drug-likeness (QED) is 0.384. The number of carbonyl (C=O) groups is 1. The minimum Gasteiger partial charge on any atom is -0.480 e. The van der Waals surface area contributed by atoms with Crippen molar-refractivity contribution in [1.29, 1.82) is 0 Å². The molecule has 3 heterocycles. The third-order valence-electron chi connectivity index (χ3n) is 10.6. The minimum absolute atomic E-state index is 0.118. The number of fused-ring (bicyclic) bond motifs is 1. The van der Waals surface area contributed by atoms with Crippen LogP contribution in [-0.4, -0.2) is 71.4 Å². The van der Waals surface area contributed by atoms with Crippen molar-refractivity contribution in [2.24, 2.45) is 34.7 Å². The third-order valence-corrected chi connectivity index (χ3v) is 10.6. The molecule has 1 saturated carbocycles. The smallest absolute Gasteiger partial charge is 0.321 e. The molecule has 3 fully saturated rings. The highest BCUT2D eigenvalue weighted by Gasteiger charge is 2.44. The van der Waals surface area contributed by atoms with Gasteiger partial charge in [-0.15, -0.1) is 5.48 Å². The molecule has 2 N–H and O–H groups in total. The van der Waals surface area contributed by atoms with E-state index in [-0.39, 0.29) is 12.1 Å². The third kappa shape index (κ3) is 6.63. The Kier molecular flexibility index (Phi) is 9.20. The number of nitrogens with one attached hydrogen (secondary N) is 1. The molecule has 0 aromatic rings. The molecule has 3 aliphatic carbocycles. The summed E-state index contributed by atoms with van der Waals surface area (Å²) in [5.74, 6) is 2.18. The second-order valence-electron chi connectivity index (χ2n) is 13.2. The predicted octanol–water partition coefficient (Wildman–Crippen LogP) is 5.34. The van der Waals surface area contributed by atoms with Gasteiger partial charge in [-0.1, -0.05) is 67.3 Å². The van der Waals surface area contributed by atoms with Crippen molar-refractivity contribution in [2.45, 2.75) is 82.7 Å². The monoisotopic (exact) mass is 548 g/mol. The van der Waals surface area contributed by atoms with Gasteiger partial charge < -0.3 is 10.0 Å². The lowest BCUT2D eigenvalue weighted by molar-refractivity contribution is -0.145. The fraction of sp³-hybridized carbons (Fsp3) is 0.697. The SMILES string of the molecule is O=C(O)[C@@H](C1CCCCC1)N1C[C@@H](CN2CCC(CCCC3=CC4=NONC4C=C3)CC2)[C@H](C2C=CC=CC2)C1. The highest BCUT2D eigenvalue weighted by atomic mass is 16.8. The molecule has 0 aromatic carbocycles. The second-order valence-corrected chi connectivity index (χ2v) is 13.2. The lowest BCUT2D eigenvalue weighted by Gasteiger charge is -2.36. The van der Waals surface area contributed by atoms with Gasteiger partial charge in [-0.2, -0.15) is 0 Å². The molecule has 3 aliphatic heterocycles. The summed E-state index contributed by atoms with van der Waals surface area (Å²) in [5.41, 5.74) is 5.24. The molecule has 0 aromatic heterocycles. The largest absolute Gasteiger partial charge is 0.480 e. The van der Waals surface area contributed by atoms with Crippen LogP contribution in [-0.2, 0) is 9.73 Å². The summed E-state index contributed by atoms with van der Waals surface area (Å²) >= 11 is 0. The van der Waals surface area contributed by atoms with Gasteiger partial charge in [0.15, 0.2) is 0 Å². The molecule has 40 heavy (non-hydrogen) atoms. The Balaban J connectivity index is 1.01. The van der Waals surface area contributed by atoms with E-state index in [0.717, 1.165) is 56.9 Å². The van der Waals surface area contributed by atoms with Gasteiger partial charge in [0.1, 0.15) is 17.8 Å². The number of hydrogen-bond donors (Lipinski definition) is 2. The molecule has 7 heteroatoms. The van der Waals surface area contributed by atoms with E-state index in [4.69, 9.17) is 4.94 Å². The van der Waals surface area contributed by atoms with Crippen molar-refractivity contribution in [2.75, 3.05) is 32.7 Å². The summed E-state index contributed by atoms with van der Waals surface area (Å²) in [5, 5.41) is 14.4. The van der Waals surface area contributed by atoms with Crippen LogP contribution in [0.5, 0.6) is 0 Å². The first-order valence-electron chi connectivity index (χ1n) is 16.0. The first-order chi connectivity index (χ1) is 19.6. The van der Waals surface area contributed by atoms with Gasteiger partial charge in [0.05, 0.1) is 0 Å². The number of rotatable bonds is 10. The standard InChI is InChI=1S/C33H48N4O3/c38-33(39)32(27-12-5-2-6-13-27)37-22-28(29(23-37)26-10-3-1-4-11-26)21-36-18-16-24(17-19-36)8-7-9-25-14-15-30-31(20-25)35-40-34-30/h1,3-4,10,14-15,20,24,26-30,32,34H,2,5-9,11-13,16-19,21-23H2,(H,38,39)/t26?,28-,29+,30?,32-/m1/s1. The molecule has 6 rings (SSSR count). The number of carboxylic acid groups (broad SMARTS) is 1. The number of hydroxylamine groups is 1. The number of allylic oxidation sites excluding steroid dienone is 6. The second kappa shape index (κ2) is 13.2. The molecule has 0 radical (unpaired) electrons. The maximum atomic E-state index is 12.5. The Bertz CT molecular complexity index is 1030. The first kappa shape index (κ1) is 27.9. The molecular formula is C33H48N4O3. The average molecular weight is 549 g/mol. The van der Waals surface area contributed by atoms with E-state index in [1.807, 2.05) is 0 Å². The van der Waals surface area contributed by atoms with Crippen LogP contribution in [0.25, 0.3) is 0 Å². The Labute approximate surface area is 240 Å². The van der Waals surface area contributed by atoms with Crippen LogP contribution >= 0.6 is 0 Å². The van der Waals surface area contributed by atoms with E-state index in [0.29, 0.717) is 23.7 Å². The van der Waals surface area contributed by atoms with Crippen LogP contribution in [0.15, 0.2) is 53.3 Å². The fourth-order valence-electron chi connectivity index (χ4n) is 8.36. The van der Waals surface area contributed by atoms with Crippen LogP contribution < -0.4 is 5.48 Å². The molecule has 0 amide bonds. The lowest BCUT2D eigenvalue weighted by atomic mass is 9.80. The molecule has 5 atom stereocenters. The molecular weight excluding hydrogens is 500 g/mol.